The summed E-state index contributed by atoms with van der Waals surface area (Å²) < 4.78 is 20.2. The van der Waals surface area contributed by atoms with E-state index >= 15 is 0 Å². The summed E-state index contributed by atoms with van der Waals surface area (Å²) in [5, 5.41) is 15.0. The largest absolute Gasteiger partial charge is 0.481 e. The number of pyridine rings is 1. The molecule has 0 radical (unpaired) electrons. The molecule has 32 heavy (non-hydrogen) atoms. The predicted molar refractivity (Wildman–Crippen MR) is 110 cm³/mol. The van der Waals surface area contributed by atoms with E-state index < -0.39 is 17.8 Å². The van der Waals surface area contributed by atoms with Crippen molar-refractivity contribution < 1.29 is 18.7 Å². The lowest BCUT2D eigenvalue weighted by Gasteiger charge is -2.11. The van der Waals surface area contributed by atoms with Gasteiger partial charge in [-0.25, -0.2) is 9.37 Å². The van der Waals surface area contributed by atoms with E-state index in [0.29, 0.717) is 23.0 Å². The van der Waals surface area contributed by atoms with Crippen LogP contribution in [-0.4, -0.2) is 42.9 Å². The van der Waals surface area contributed by atoms with Crippen LogP contribution in [0.4, 0.5) is 4.39 Å². The maximum atomic E-state index is 14.4. The molecule has 2 aliphatic rings. The van der Waals surface area contributed by atoms with Crippen LogP contribution >= 0.6 is 0 Å². The number of rotatable bonds is 8. The highest BCUT2D eigenvalue weighted by atomic mass is 19.1. The molecule has 1 unspecified atom stereocenters. The average molecular weight is 436 g/mol. The smallest absolute Gasteiger partial charge is 0.254 e. The van der Waals surface area contributed by atoms with Gasteiger partial charge in [0.1, 0.15) is 17.3 Å². The Kier molecular flexibility index (Phi) is 5.12. The maximum absolute atomic E-state index is 14.4. The Morgan fingerprint density at radius 1 is 1.19 bits per heavy atom. The van der Waals surface area contributed by atoms with Crippen LogP contribution in [0.25, 0.3) is 5.69 Å². The van der Waals surface area contributed by atoms with Gasteiger partial charge in [-0.3, -0.25) is 9.59 Å². The van der Waals surface area contributed by atoms with Crippen molar-refractivity contribution in [3.8, 4) is 11.4 Å². The van der Waals surface area contributed by atoms with Crippen LogP contribution in [0.3, 0.4) is 0 Å². The van der Waals surface area contributed by atoms with E-state index in [1.54, 1.807) is 25.1 Å². The van der Waals surface area contributed by atoms with Gasteiger partial charge in [0.2, 0.25) is 5.82 Å². The molecule has 3 aromatic rings. The zero-order valence-electron chi connectivity index (χ0n) is 17.4. The first-order chi connectivity index (χ1) is 15.5. The van der Waals surface area contributed by atoms with E-state index in [9.17, 15) is 14.0 Å². The van der Waals surface area contributed by atoms with Crippen molar-refractivity contribution in [1.29, 1.82) is 0 Å². The summed E-state index contributed by atoms with van der Waals surface area (Å²) >= 11 is 0. The fraction of sp³-hybridized carbons (Fsp3) is 0.364. The molecular formula is C22H21FN6O3. The Balaban J connectivity index is 1.25. The van der Waals surface area contributed by atoms with E-state index in [1.807, 2.05) is 0 Å². The lowest BCUT2D eigenvalue weighted by molar-refractivity contribution is 0.0943. The Labute approximate surface area is 183 Å². The standard InChI is InChI=1S/C22H21FN6O3/c1-12(32-16-7-9-19(24-11-16)20(30)13-2-3-13)21-26-28-29(27-21)15-6-8-17(18(23)10-15)22(31)25-14-4-5-14/h6-14H,2-5H2,1H3,(H,25,31). The van der Waals surface area contributed by atoms with E-state index in [4.69, 9.17) is 4.74 Å². The van der Waals surface area contributed by atoms with Crippen LogP contribution in [0.5, 0.6) is 5.75 Å². The first kappa shape index (κ1) is 20.2. The summed E-state index contributed by atoms with van der Waals surface area (Å²) in [6, 6.07) is 7.63. The molecule has 0 aliphatic heterocycles. The summed E-state index contributed by atoms with van der Waals surface area (Å²) in [7, 11) is 0. The van der Waals surface area contributed by atoms with Gasteiger partial charge in [-0.15, -0.1) is 15.0 Å². The molecule has 2 fully saturated rings. The molecule has 0 spiro atoms. The monoisotopic (exact) mass is 436 g/mol. The number of ketones is 1. The van der Waals surface area contributed by atoms with Gasteiger partial charge in [0, 0.05) is 18.0 Å². The molecule has 2 aliphatic carbocycles. The zero-order valence-corrected chi connectivity index (χ0v) is 17.4. The summed E-state index contributed by atoms with van der Waals surface area (Å²) in [5.41, 5.74) is 0.752. The molecule has 1 amide bonds. The van der Waals surface area contributed by atoms with E-state index in [1.165, 1.54) is 23.1 Å². The summed E-state index contributed by atoms with van der Waals surface area (Å²) in [6.45, 7) is 1.75. The number of aromatic nitrogens is 5. The third kappa shape index (κ3) is 4.34. The third-order valence-corrected chi connectivity index (χ3v) is 5.38. The van der Waals surface area contributed by atoms with Crippen molar-refractivity contribution in [2.75, 3.05) is 0 Å². The molecule has 9 nitrogen and oxygen atoms in total. The lowest BCUT2D eigenvalue weighted by Crippen LogP contribution is -2.26. The van der Waals surface area contributed by atoms with Gasteiger partial charge in [-0.1, -0.05) is 0 Å². The zero-order chi connectivity index (χ0) is 22.2. The number of ether oxygens (including phenoxy) is 1. The average Bonchev–Trinajstić information content (AvgIpc) is 3.72. The second-order valence-corrected chi connectivity index (χ2v) is 8.13. The van der Waals surface area contributed by atoms with Crippen molar-refractivity contribution in [2.24, 2.45) is 5.92 Å². The fourth-order valence-corrected chi connectivity index (χ4v) is 3.21. The number of carbonyl (C=O) groups is 2. The maximum Gasteiger partial charge on any atom is 0.254 e. The first-order valence-corrected chi connectivity index (χ1v) is 10.6. The number of tetrazole rings is 1. The highest BCUT2D eigenvalue weighted by molar-refractivity contribution is 5.97. The molecular weight excluding hydrogens is 415 g/mol. The summed E-state index contributed by atoms with van der Waals surface area (Å²) in [6.07, 6.45) is 4.65. The molecule has 2 heterocycles. The number of amides is 1. The van der Waals surface area contributed by atoms with Gasteiger partial charge >= 0.3 is 0 Å². The van der Waals surface area contributed by atoms with Crippen molar-refractivity contribution in [2.45, 2.75) is 44.8 Å². The van der Waals surface area contributed by atoms with Gasteiger partial charge in [-0.2, -0.15) is 0 Å². The minimum Gasteiger partial charge on any atom is -0.481 e. The highest BCUT2D eigenvalue weighted by Crippen LogP contribution is 2.32. The number of nitrogens with one attached hydrogen (secondary N) is 1. The number of halogens is 1. The van der Waals surface area contributed by atoms with Gasteiger partial charge in [0.25, 0.3) is 5.91 Å². The van der Waals surface area contributed by atoms with Gasteiger partial charge in [0.15, 0.2) is 11.9 Å². The highest BCUT2D eigenvalue weighted by Gasteiger charge is 2.31. The van der Waals surface area contributed by atoms with Crippen LogP contribution in [-0.2, 0) is 0 Å². The summed E-state index contributed by atoms with van der Waals surface area (Å²) in [5.74, 6) is -0.145. The van der Waals surface area contributed by atoms with Gasteiger partial charge in [-0.05, 0) is 62.1 Å². The molecule has 0 saturated heterocycles. The van der Waals surface area contributed by atoms with Gasteiger partial charge < -0.3 is 10.1 Å². The predicted octanol–water partition coefficient (Wildman–Crippen LogP) is 2.82. The van der Waals surface area contributed by atoms with Crippen molar-refractivity contribution >= 4 is 11.7 Å². The third-order valence-electron chi connectivity index (χ3n) is 5.38. The molecule has 2 aromatic heterocycles. The quantitative estimate of drug-likeness (QED) is 0.541. The van der Waals surface area contributed by atoms with Crippen LogP contribution in [0, 0.1) is 11.7 Å². The molecule has 1 N–H and O–H groups in total. The molecule has 164 valence electrons. The van der Waals surface area contributed by atoms with E-state index in [2.05, 4.69) is 25.7 Å². The second kappa shape index (κ2) is 8.10. The van der Waals surface area contributed by atoms with E-state index in [-0.39, 0.29) is 23.3 Å². The summed E-state index contributed by atoms with van der Waals surface area (Å²) in [4.78, 5) is 29.5. The molecule has 1 aromatic carbocycles. The van der Waals surface area contributed by atoms with Crippen LogP contribution in [0.1, 0.15) is 65.4 Å². The SMILES string of the molecule is CC(Oc1ccc(C(=O)C2CC2)nc1)c1nnn(-c2ccc(C(=O)NC3CC3)c(F)c2)n1. The fourth-order valence-electron chi connectivity index (χ4n) is 3.21. The molecule has 5 rings (SSSR count). The van der Waals surface area contributed by atoms with Gasteiger partial charge in [0.05, 0.1) is 17.4 Å². The van der Waals surface area contributed by atoms with Crippen molar-refractivity contribution in [3.05, 3.63) is 59.4 Å². The Hall–Kier alpha value is -3.69. The molecule has 10 heteroatoms. The topological polar surface area (TPSA) is 112 Å². The number of Topliss-reactive ketones (excluding diaryl/α,β-unsaturated/α-hetero) is 1. The minimum absolute atomic E-state index is 0.0196. The number of hydrogen-bond donors (Lipinski definition) is 1. The Morgan fingerprint density at radius 3 is 2.66 bits per heavy atom. The van der Waals surface area contributed by atoms with Crippen LogP contribution < -0.4 is 10.1 Å². The van der Waals surface area contributed by atoms with E-state index in [0.717, 1.165) is 25.7 Å². The molecule has 2 saturated carbocycles. The van der Waals surface area contributed by atoms with Crippen LogP contribution in [0.2, 0.25) is 0 Å². The Bertz CT molecular complexity index is 1170. The minimum atomic E-state index is -0.657. The number of nitrogens with zero attached hydrogens (tertiary/aromatic N) is 5. The van der Waals surface area contributed by atoms with Crippen molar-refractivity contribution in [3.63, 3.8) is 0 Å². The Morgan fingerprint density at radius 2 is 2.00 bits per heavy atom. The normalized spacial score (nSPS) is 16.4. The van der Waals surface area contributed by atoms with Crippen LogP contribution in [0.15, 0.2) is 36.5 Å². The first-order valence-electron chi connectivity index (χ1n) is 10.6. The molecule has 1 atom stereocenters. The molecule has 0 bridgehead atoms. The number of hydrogen-bond acceptors (Lipinski definition) is 7. The lowest BCUT2D eigenvalue weighted by atomic mass is 10.2. The number of benzene rings is 1. The second-order valence-electron chi connectivity index (χ2n) is 8.13. The number of carbonyl (C=O) groups excluding carboxylic acids is 2. The van der Waals surface area contributed by atoms with Crippen molar-refractivity contribution in [1.82, 2.24) is 30.5 Å².